The van der Waals surface area contributed by atoms with Gasteiger partial charge in [0, 0.05) is 11.1 Å². The van der Waals surface area contributed by atoms with Crippen LogP contribution in [0.25, 0.3) is 0 Å². The molecule has 458 valence electrons. The first kappa shape index (κ1) is 65.0. The first-order valence-electron chi connectivity index (χ1n) is 25.6. The quantitative estimate of drug-likeness (QED) is 0.0577. The van der Waals surface area contributed by atoms with E-state index in [1.54, 1.807) is 102 Å². The molecule has 0 fully saturated rings. The molecule has 0 spiro atoms. The average molecular weight is 1250 g/mol. The Kier molecular flexibility index (Phi) is 16.8. The Balaban J connectivity index is 1.56. The van der Waals surface area contributed by atoms with Gasteiger partial charge in [-0.25, -0.2) is 17.6 Å². The molecule has 0 unspecified atom stereocenters. The normalized spacial score (nSPS) is 16.1. The number of amidine groups is 1. The average Bonchev–Trinajstić information content (AvgIpc) is 0.731. The van der Waals surface area contributed by atoms with Gasteiger partial charge in [0.2, 0.25) is 0 Å². The van der Waals surface area contributed by atoms with Crippen LogP contribution in [0, 0.1) is 34.1 Å². The molecule has 2 atom stereocenters. The fraction of sp³-hybridized carbons (Fsp3) is 0.283. The molecule has 7 aromatic rings. The lowest BCUT2D eigenvalue weighted by Gasteiger charge is -2.46. The Morgan fingerprint density at radius 2 is 0.721 bits per heavy atom. The SMILES string of the molecule is CC(C)(C)[C@@H]1[C@@H](C(C)(C)C)N=C(c2ccccc2P(c2ccccc2)c2ccccc2)N1Cc1c(F)c(F)c([B-](c2cc(C(F)(F)F)cc(C(F)(F)F)c2)(c2cc(C(F)(F)F)cc(C(F)(F)F)c2)c2cc(C(F)(F)F)cc(C(F)(F)F)c2)c(F)c1F. The molecule has 8 rings (SSSR count). The van der Waals surface area contributed by atoms with Gasteiger partial charge in [-0.1, -0.05) is 163 Å². The van der Waals surface area contributed by atoms with Gasteiger partial charge < -0.3 is 4.90 Å². The highest BCUT2D eigenvalue weighted by Crippen LogP contribution is 2.46. The third-order valence-electron chi connectivity index (χ3n) is 14.8. The lowest BCUT2D eigenvalue weighted by molar-refractivity contribution is -0.144. The topological polar surface area (TPSA) is 15.6 Å². The molecule has 1 aliphatic rings. The molecule has 0 amide bonds. The number of rotatable bonds is 10. The van der Waals surface area contributed by atoms with Crippen molar-refractivity contribution in [1.29, 1.82) is 0 Å². The van der Waals surface area contributed by atoms with Crippen molar-refractivity contribution in [1.82, 2.24) is 4.90 Å². The van der Waals surface area contributed by atoms with Crippen molar-refractivity contribution in [2.24, 2.45) is 15.8 Å². The lowest BCUT2D eigenvalue weighted by atomic mass is 9.12. The fourth-order valence-corrected chi connectivity index (χ4v) is 13.6. The van der Waals surface area contributed by atoms with E-state index in [4.69, 9.17) is 4.99 Å². The molecule has 0 N–H and O–H groups in total. The van der Waals surface area contributed by atoms with Gasteiger partial charge in [0.05, 0.1) is 52.0 Å². The summed E-state index contributed by atoms with van der Waals surface area (Å²) < 4.78 is 341. The smallest absolute Gasteiger partial charge is 0.346 e. The third-order valence-corrected chi connectivity index (χ3v) is 17.3. The highest BCUT2D eigenvalue weighted by atomic mass is 31.1. The van der Waals surface area contributed by atoms with E-state index in [0.717, 1.165) is 10.6 Å². The summed E-state index contributed by atoms with van der Waals surface area (Å²) in [4.78, 5) is 6.33. The van der Waals surface area contributed by atoms with Crippen molar-refractivity contribution in [2.75, 3.05) is 0 Å². The fourth-order valence-electron chi connectivity index (χ4n) is 11.2. The molecule has 7 aromatic carbocycles. The Morgan fingerprint density at radius 1 is 0.407 bits per heavy atom. The van der Waals surface area contributed by atoms with E-state index in [2.05, 4.69) is 0 Å². The number of hydrogen-bond donors (Lipinski definition) is 0. The molecule has 0 aromatic heterocycles. The van der Waals surface area contributed by atoms with Crippen molar-refractivity contribution >= 4 is 57.7 Å². The first-order valence-corrected chi connectivity index (χ1v) is 27.0. The second-order valence-corrected chi connectivity index (χ2v) is 24.9. The van der Waals surface area contributed by atoms with Crippen LogP contribution in [0.15, 0.2) is 145 Å². The van der Waals surface area contributed by atoms with Crippen molar-refractivity contribution in [2.45, 2.75) is 97.2 Å². The summed E-state index contributed by atoms with van der Waals surface area (Å²) in [5, 5.41) is 2.04. The van der Waals surface area contributed by atoms with Gasteiger partial charge in [-0.15, -0.1) is 5.46 Å². The summed E-state index contributed by atoms with van der Waals surface area (Å²) >= 11 is 0. The Morgan fingerprint density at radius 3 is 1.02 bits per heavy atom. The standard InChI is InChI=1S/C60H45BF22N2P/c1-53(2,3)50-51(54(4,5)6)85(52(84-50)42-19-13-14-20-44(42)86(40-15-9-7-10-16-40)41-17-11-8-12-18-41)30-43-46(62)48(64)45(49(65)47(43)63)61(37-24-31(55(66,67)68)21-32(25-37)56(69,70)71,38-26-33(57(72,73)74)22-34(27-38)58(75,76)77)39-28-35(59(78,79)80)23-36(29-39)60(81,82)83/h7-29,50-51H,30H2,1-6H3/q-1/t50-,51-/m0/s1. The monoisotopic (exact) mass is 1250 g/mol. The summed E-state index contributed by atoms with van der Waals surface area (Å²) in [5.74, 6) is -11.8. The zero-order valence-electron chi connectivity index (χ0n) is 45.4. The van der Waals surface area contributed by atoms with Gasteiger partial charge in [0.25, 0.3) is 0 Å². The zero-order chi connectivity index (χ0) is 64.0. The molecular weight excluding hydrogens is 1210 g/mol. The van der Waals surface area contributed by atoms with E-state index in [-0.39, 0.29) is 11.4 Å². The van der Waals surface area contributed by atoms with Crippen molar-refractivity contribution < 1.29 is 96.6 Å². The lowest BCUT2D eigenvalue weighted by Crippen LogP contribution is -2.77. The maximum absolute atomic E-state index is 18.4. The molecule has 0 saturated heterocycles. The van der Waals surface area contributed by atoms with Gasteiger partial charge in [-0.2, -0.15) is 95.4 Å². The number of hydrogen-bond acceptors (Lipinski definition) is 2. The number of alkyl halides is 18. The van der Waals surface area contributed by atoms with Crippen LogP contribution in [-0.4, -0.2) is 29.0 Å². The van der Waals surface area contributed by atoms with Crippen LogP contribution < -0.4 is 37.8 Å². The van der Waals surface area contributed by atoms with Crippen molar-refractivity contribution in [3.63, 3.8) is 0 Å². The van der Waals surface area contributed by atoms with Gasteiger partial charge >= 0.3 is 37.1 Å². The van der Waals surface area contributed by atoms with Gasteiger partial charge in [-0.3, -0.25) is 4.99 Å². The number of halogens is 22. The van der Waals surface area contributed by atoms with Crippen LogP contribution in [0.5, 0.6) is 0 Å². The van der Waals surface area contributed by atoms with Crippen LogP contribution in [0.1, 0.15) is 86.1 Å². The van der Waals surface area contributed by atoms with E-state index < -0.39 is 219 Å². The molecule has 0 radical (unpaired) electrons. The Bertz CT molecular complexity index is 3350. The minimum Gasteiger partial charge on any atom is -0.346 e. The van der Waals surface area contributed by atoms with E-state index in [1.165, 1.54) is 4.90 Å². The van der Waals surface area contributed by atoms with Crippen molar-refractivity contribution in [3.8, 4) is 0 Å². The van der Waals surface area contributed by atoms with Crippen LogP contribution in [0.2, 0.25) is 0 Å². The number of aliphatic imine (C=N–C) groups is 1. The molecule has 1 heterocycles. The summed E-state index contributed by atoms with van der Waals surface area (Å²) in [5.41, 5.74) is -29.3. The summed E-state index contributed by atoms with van der Waals surface area (Å²) in [6.45, 7) is 8.70. The van der Waals surface area contributed by atoms with Gasteiger partial charge in [-0.05, 0) is 52.9 Å². The first-order chi connectivity index (χ1) is 39.4. The van der Waals surface area contributed by atoms with Crippen LogP contribution >= 0.6 is 7.92 Å². The highest BCUT2D eigenvalue weighted by molar-refractivity contribution is 7.80. The molecule has 86 heavy (non-hydrogen) atoms. The van der Waals surface area contributed by atoms with E-state index in [1.807, 2.05) is 24.3 Å². The molecule has 26 heteroatoms. The van der Waals surface area contributed by atoms with Crippen LogP contribution in [0.4, 0.5) is 96.6 Å². The molecule has 1 aliphatic heterocycles. The highest BCUT2D eigenvalue weighted by Gasteiger charge is 2.52. The third kappa shape index (κ3) is 12.6. The Labute approximate surface area is 478 Å². The van der Waals surface area contributed by atoms with Crippen LogP contribution in [0.3, 0.4) is 0 Å². The number of nitrogens with zero attached hydrogens (tertiary/aromatic N) is 2. The minimum absolute atomic E-state index is 0.0991. The molecule has 2 nitrogen and oxygen atoms in total. The molecule has 0 aliphatic carbocycles. The summed E-state index contributed by atoms with van der Waals surface area (Å²) in [6, 6.07) is 15.9. The number of benzene rings is 7. The summed E-state index contributed by atoms with van der Waals surface area (Å²) in [7, 11) is -1.61. The second kappa shape index (κ2) is 22.3. The van der Waals surface area contributed by atoms with E-state index in [9.17, 15) is 79.0 Å². The summed E-state index contributed by atoms with van der Waals surface area (Å²) in [6.07, 6.45) is -43.2. The van der Waals surface area contributed by atoms with Crippen molar-refractivity contribution in [3.05, 3.63) is 207 Å². The van der Waals surface area contributed by atoms with Crippen LogP contribution in [-0.2, 0) is 43.6 Å². The van der Waals surface area contributed by atoms with Gasteiger partial charge in [0.1, 0.15) is 23.6 Å². The maximum Gasteiger partial charge on any atom is 0.416 e. The largest absolute Gasteiger partial charge is 0.416 e. The van der Waals surface area contributed by atoms with E-state index in [0.29, 0.717) is 5.30 Å². The maximum atomic E-state index is 18.4. The molecular formula is C60H45BF22N2P-. The van der Waals surface area contributed by atoms with E-state index >= 15 is 17.6 Å². The second-order valence-electron chi connectivity index (χ2n) is 22.8. The predicted molar refractivity (Wildman–Crippen MR) is 284 cm³/mol. The zero-order valence-corrected chi connectivity index (χ0v) is 46.3. The Hall–Kier alpha value is -7.04. The minimum atomic E-state index is -6.21. The molecule has 0 saturated carbocycles. The van der Waals surface area contributed by atoms with Gasteiger partial charge in [0.15, 0.2) is 11.6 Å². The predicted octanol–water partition coefficient (Wildman–Crippen LogP) is 15.6. The molecule has 0 bridgehead atoms.